The van der Waals surface area contributed by atoms with Crippen LogP contribution in [0.25, 0.3) is 54.9 Å². The van der Waals surface area contributed by atoms with Crippen molar-refractivity contribution in [1.29, 1.82) is 0 Å². The molecule has 6 aromatic rings. The van der Waals surface area contributed by atoms with Crippen LogP contribution in [0.3, 0.4) is 0 Å². The number of alkyl halides is 2. The molecule has 6 aromatic carbocycles. The van der Waals surface area contributed by atoms with Crippen molar-refractivity contribution in [2.24, 2.45) is 0 Å². The van der Waals surface area contributed by atoms with E-state index in [4.69, 9.17) is 46.4 Å². The Kier molecular flexibility index (Phi) is 8.21. The number of fused-ring (bicyclic) bond motifs is 2. The second-order valence-corrected chi connectivity index (χ2v) is 12.3. The summed E-state index contributed by atoms with van der Waals surface area (Å²) in [7, 11) is 0. The molecule has 0 bridgehead atoms. The predicted octanol–water partition coefficient (Wildman–Crippen LogP) is 13.4. The Hall–Kier alpha value is -2.04. The van der Waals surface area contributed by atoms with Gasteiger partial charge in [-0.25, -0.2) is 0 Å². The van der Waals surface area contributed by atoms with E-state index in [0.717, 1.165) is 33.0 Å². The number of rotatable bonds is 5. The molecule has 0 saturated carbocycles. The van der Waals surface area contributed by atoms with Crippen molar-refractivity contribution in [1.82, 2.24) is 0 Å². The summed E-state index contributed by atoms with van der Waals surface area (Å²) in [6.45, 7) is 0. The van der Waals surface area contributed by atoms with Gasteiger partial charge < -0.3 is 0 Å². The van der Waals surface area contributed by atoms with Gasteiger partial charge in [0.2, 0.25) is 0 Å². The summed E-state index contributed by atoms with van der Waals surface area (Å²) in [4.78, 5) is 0. The summed E-state index contributed by atoms with van der Waals surface area (Å²) in [5.74, 6) is 0. The van der Waals surface area contributed by atoms with Crippen LogP contribution >= 0.6 is 78.3 Å². The topological polar surface area (TPSA) is 0 Å². The molecule has 6 heteroatoms. The maximum atomic E-state index is 6.50. The molecule has 0 saturated heterocycles. The summed E-state index contributed by atoms with van der Waals surface area (Å²) in [6, 6.07) is 33.2. The van der Waals surface area contributed by atoms with Crippen LogP contribution in [-0.4, -0.2) is 0 Å². The lowest BCUT2D eigenvalue weighted by atomic mass is 9.82. The minimum absolute atomic E-state index is 0.530. The highest BCUT2D eigenvalue weighted by atomic mass is 79.9. The minimum Gasteiger partial charge on any atom is -0.0876 e. The Morgan fingerprint density at radius 2 is 0.850 bits per heavy atom. The third-order valence-corrected chi connectivity index (χ3v) is 9.89. The van der Waals surface area contributed by atoms with Gasteiger partial charge in [-0.1, -0.05) is 139 Å². The van der Waals surface area contributed by atoms with Crippen molar-refractivity contribution in [3.8, 4) is 33.4 Å². The van der Waals surface area contributed by atoms with E-state index >= 15 is 0 Å². The van der Waals surface area contributed by atoms with E-state index in [9.17, 15) is 0 Å². The van der Waals surface area contributed by atoms with Gasteiger partial charge in [-0.15, -0.1) is 0 Å². The third-order valence-electron chi connectivity index (χ3n) is 7.29. The number of benzene rings is 6. The van der Waals surface area contributed by atoms with Crippen molar-refractivity contribution >= 4 is 99.8 Å². The van der Waals surface area contributed by atoms with E-state index in [0.29, 0.717) is 30.8 Å². The van der Waals surface area contributed by atoms with Crippen molar-refractivity contribution in [2.45, 2.75) is 10.7 Å². The lowest BCUT2D eigenvalue weighted by molar-refractivity contribution is 1.40. The van der Waals surface area contributed by atoms with Crippen molar-refractivity contribution < 1.29 is 0 Å². The van der Waals surface area contributed by atoms with Crippen molar-refractivity contribution in [3.05, 3.63) is 128 Å². The molecule has 0 aliphatic carbocycles. The third kappa shape index (κ3) is 4.98. The average Bonchev–Trinajstić information content (AvgIpc) is 2.98. The molecular weight excluding hydrogens is 710 g/mol. The van der Waals surface area contributed by atoms with Gasteiger partial charge in [-0.05, 0) is 102 Å². The summed E-state index contributed by atoms with van der Waals surface area (Å²) in [6.07, 6.45) is 0. The van der Waals surface area contributed by atoms with Gasteiger partial charge in [0.05, 0.1) is 20.1 Å². The van der Waals surface area contributed by atoms with E-state index in [1.807, 2.05) is 36.4 Å². The first-order valence-electron chi connectivity index (χ1n) is 12.5. The highest BCUT2D eigenvalue weighted by Gasteiger charge is 2.23. The Morgan fingerprint density at radius 1 is 0.450 bits per heavy atom. The minimum atomic E-state index is 0.530. The first-order valence-corrected chi connectivity index (χ1v) is 16.3. The Bertz CT molecular complexity index is 1790. The number of halogens is 6. The van der Waals surface area contributed by atoms with Crippen LogP contribution in [0.15, 0.2) is 97.1 Å². The number of hydrogen-bond donors (Lipinski definition) is 0. The van der Waals surface area contributed by atoms with E-state index in [-0.39, 0.29) is 0 Å². The lowest BCUT2D eigenvalue weighted by Crippen LogP contribution is -2.00. The van der Waals surface area contributed by atoms with Gasteiger partial charge in [0.15, 0.2) is 0 Å². The smallest absolute Gasteiger partial charge is 0.0598 e. The molecule has 0 aromatic heterocycles. The molecule has 0 heterocycles. The zero-order valence-corrected chi connectivity index (χ0v) is 27.1. The molecule has 0 atom stereocenters. The fourth-order valence-corrected chi connectivity index (χ4v) is 7.23. The first-order chi connectivity index (χ1) is 19.4. The largest absolute Gasteiger partial charge is 0.0876 e. The summed E-state index contributed by atoms with van der Waals surface area (Å²) < 4.78 is 0. The fourth-order valence-electron chi connectivity index (χ4n) is 5.47. The van der Waals surface area contributed by atoms with Gasteiger partial charge in [-0.2, -0.15) is 0 Å². The van der Waals surface area contributed by atoms with Crippen molar-refractivity contribution in [2.75, 3.05) is 0 Å². The SMILES string of the molecule is Clc1ccc(-c2cc3ccccc3c(-c3c(CBr)c(-c4ccc(Cl)c(Cl)c4)cc4ccccc34)c2CBr)cc1Cl. The van der Waals surface area contributed by atoms with Gasteiger partial charge in [-0.3, -0.25) is 0 Å². The highest BCUT2D eigenvalue weighted by molar-refractivity contribution is 9.08. The zero-order valence-electron chi connectivity index (χ0n) is 20.9. The molecule has 0 amide bonds. The monoisotopic (exact) mass is 726 g/mol. The van der Waals surface area contributed by atoms with Gasteiger partial charge in [0, 0.05) is 10.7 Å². The highest BCUT2D eigenvalue weighted by Crippen LogP contribution is 2.47. The quantitative estimate of drug-likeness (QED) is 0.155. The molecular formula is C34H20Br2Cl4. The Labute approximate surface area is 270 Å². The molecule has 0 aliphatic heterocycles. The molecule has 0 fully saturated rings. The molecule has 0 radical (unpaired) electrons. The molecule has 0 spiro atoms. The average molecular weight is 730 g/mol. The van der Waals surface area contributed by atoms with Crippen LogP contribution in [0, 0.1) is 0 Å². The zero-order chi connectivity index (χ0) is 28.0. The van der Waals surface area contributed by atoms with E-state index in [1.165, 1.54) is 33.0 Å². The molecule has 198 valence electrons. The second kappa shape index (κ2) is 11.7. The van der Waals surface area contributed by atoms with Crippen LogP contribution < -0.4 is 0 Å². The van der Waals surface area contributed by atoms with Crippen LogP contribution in [0.5, 0.6) is 0 Å². The molecule has 0 nitrogen and oxygen atoms in total. The molecule has 0 unspecified atom stereocenters. The van der Waals surface area contributed by atoms with E-state index in [2.05, 4.69) is 92.5 Å². The van der Waals surface area contributed by atoms with Gasteiger partial charge in [0.25, 0.3) is 0 Å². The van der Waals surface area contributed by atoms with Gasteiger partial charge in [0.1, 0.15) is 0 Å². The van der Waals surface area contributed by atoms with Crippen LogP contribution in [0.4, 0.5) is 0 Å². The molecule has 0 aliphatic rings. The lowest BCUT2D eigenvalue weighted by Gasteiger charge is -2.23. The fraction of sp³-hybridized carbons (Fsp3) is 0.0588. The molecule has 40 heavy (non-hydrogen) atoms. The Morgan fingerprint density at radius 3 is 1.23 bits per heavy atom. The maximum Gasteiger partial charge on any atom is 0.0598 e. The maximum absolute atomic E-state index is 6.50. The van der Waals surface area contributed by atoms with E-state index in [1.54, 1.807) is 0 Å². The first kappa shape index (κ1) is 28.1. The standard InChI is InChI=1S/C34H20Br2Cl4/c35-17-27-25(21-9-11-29(37)31(39)15-21)13-19-5-1-3-7-23(19)33(27)34-24-8-4-2-6-20(24)14-26(28(34)18-36)22-10-12-30(38)32(40)16-22/h1-16H,17-18H2. The number of hydrogen-bond acceptors (Lipinski definition) is 0. The van der Waals surface area contributed by atoms with Crippen LogP contribution in [0.2, 0.25) is 20.1 Å². The van der Waals surface area contributed by atoms with Crippen LogP contribution in [0.1, 0.15) is 11.1 Å². The van der Waals surface area contributed by atoms with E-state index < -0.39 is 0 Å². The summed E-state index contributed by atoms with van der Waals surface area (Å²) >= 11 is 33.3. The predicted molar refractivity (Wildman–Crippen MR) is 183 cm³/mol. The summed E-state index contributed by atoms with van der Waals surface area (Å²) in [5, 5.41) is 8.08. The normalized spacial score (nSPS) is 11.4. The molecule has 6 rings (SSSR count). The second-order valence-electron chi connectivity index (χ2n) is 9.52. The molecule has 0 N–H and O–H groups in total. The van der Waals surface area contributed by atoms with Crippen molar-refractivity contribution in [3.63, 3.8) is 0 Å². The van der Waals surface area contributed by atoms with Gasteiger partial charge >= 0.3 is 0 Å². The Balaban J connectivity index is 1.79. The summed E-state index contributed by atoms with van der Waals surface area (Å²) in [5.41, 5.74) is 8.96. The van der Waals surface area contributed by atoms with Crippen LogP contribution in [-0.2, 0) is 10.7 Å².